The van der Waals surface area contributed by atoms with Crippen LogP contribution in [-0.4, -0.2) is 20.3 Å². The third kappa shape index (κ3) is 2.14. The molecule has 0 saturated carbocycles. The number of hydrogen-bond acceptors (Lipinski definition) is 4. The first-order valence-electron chi connectivity index (χ1n) is 3.36. The normalized spacial score (nSPS) is 12.2. The average Bonchev–Trinajstić information content (AvgIpc) is 2.56. The van der Waals surface area contributed by atoms with Crippen LogP contribution in [0.4, 0.5) is 0 Å². The molecule has 0 aliphatic carbocycles. The Morgan fingerprint density at radius 2 is 2.58 bits per heavy atom. The Balaban J connectivity index is 2.49. The second-order valence-corrected chi connectivity index (χ2v) is 2.62. The van der Waals surface area contributed by atoms with Gasteiger partial charge in [-0.1, -0.05) is 0 Å². The lowest BCUT2D eigenvalue weighted by Crippen LogP contribution is -2.40. The number of nitrogens with one attached hydrogen (secondary N) is 3. The van der Waals surface area contributed by atoms with Crippen LogP contribution >= 0.6 is 12.2 Å². The fraction of sp³-hybridized carbons (Fsp3) is 0.400. The quantitative estimate of drug-likeness (QED) is 0.275. The maximum Gasteiger partial charge on any atom is 0.181 e. The Labute approximate surface area is 74.9 Å². The van der Waals surface area contributed by atoms with Crippen LogP contribution < -0.4 is 16.6 Å². The van der Waals surface area contributed by atoms with E-state index in [0.29, 0.717) is 10.9 Å². The highest BCUT2D eigenvalue weighted by Crippen LogP contribution is 2.02. The number of thiocarbonyl (C=S) groups is 1. The topological polar surface area (TPSA) is 91.7 Å². The summed E-state index contributed by atoms with van der Waals surface area (Å²) in [6, 6.07) is -0.0314. The van der Waals surface area contributed by atoms with Crippen molar-refractivity contribution in [3.63, 3.8) is 0 Å². The molecule has 0 spiro atoms. The number of hydrogen-bond donors (Lipinski definition) is 4. The van der Waals surface area contributed by atoms with E-state index in [1.54, 1.807) is 0 Å². The van der Waals surface area contributed by atoms with Gasteiger partial charge in [0.15, 0.2) is 5.11 Å². The van der Waals surface area contributed by atoms with Gasteiger partial charge in [0.1, 0.15) is 12.2 Å². The highest BCUT2D eigenvalue weighted by molar-refractivity contribution is 7.80. The number of hydrazine groups is 1. The molecule has 0 aliphatic rings. The minimum absolute atomic E-state index is 0.0314. The van der Waals surface area contributed by atoms with Gasteiger partial charge in [-0.15, -0.1) is 0 Å². The summed E-state index contributed by atoms with van der Waals surface area (Å²) in [6.45, 7) is 1.89. The van der Waals surface area contributed by atoms with Gasteiger partial charge in [0.25, 0.3) is 0 Å². The van der Waals surface area contributed by atoms with Crippen LogP contribution in [0.15, 0.2) is 6.33 Å². The largest absolute Gasteiger partial charge is 0.352 e. The molecule has 0 bridgehead atoms. The van der Waals surface area contributed by atoms with Gasteiger partial charge in [-0.25, -0.2) is 10.8 Å². The molecule has 0 aliphatic heterocycles. The van der Waals surface area contributed by atoms with Gasteiger partial charge in [-0.2, -0.15) is 5.10 Å². The summed E-state index contributed by atoms with van der Waals surface area (Å²) in [7, 11) is 0. The first kappa shape index (κ1) is 8.88. The second kappa shape index (κ2) is 3.98. The van der Waals surface area contributed by atoms with Gasteiger partial charge in [0, 0.05) is 0 Å². The molecule has 0 saturated heterocycles. The molecule has 1 unspecified atom stereocenters. The van der Waals surface area contributed by atoms with Gasteiger partial charge >= 0.3 is 0 Å². The molecule has 12 heavy (non-hydrogen) atoms. The van der Waals surface area contributed by atoms with Crippen LogP contribution in [0, 0.1) is 0 Å². The highest BCUT2D eigenvalue weighted by atomic mass is 32.1. The Morgan fingerprint density at radius 3 is 3.08 bits per heavy atom. The van der Waals surface area contributed by atoms with Crippen LogP contribution in [0.5, 0.6) is 0 Å². The van der Waals surface area contributed by atoms with Crippen molar-refractivity contribution < 1.29 is 0 Å². The molecule has 1 heterocycles. The Hall–Kier alpha value is -1.21. The van der Waals surface area contributed by atoms with Crippen molar-refractivity contribution >= 4 is 17.3 Å². The monoisotopic (exact) mass is 186 g/mol. The molecule has 1 aromatic rings. The number of nitrogens with two attached hydrogens (primary N) is 1. The van der Waals surface area contributed by atoms with E-state index in [-0.39, 0.29) is 6.04 Å². The van der Waals surface area contributed by atoms with E-state index < -0.39 is 0 Å². The van der Waals surface area contributed by atoms with Gasteiger partial charge in [-0.3, -0.25) is 5.10 Å². The van der Waals surface area contributed by atoms with Gasteiger partial charge in [-0.05, 0) is 19.1 Å². The summed E-state index contributed by atoms with van der Waals surface area (Å²) in [5, 5.41) is 9.69. The summed E-state index contributed by atoms with van der Waals surface area (Å²) in [5.41, 5.74) is 2.32. The predicted molar refractivity (Wildman–Crippen MR) is 47.9 cm³/mol. The number of aromatic amines is 1. The fourth-order valence-corrected chi connectivity index (χ4v) is 0.907. The smallest absolute Gasteiger partial charge is 0.181 e. The molecular formula is C5H10N6S. The fourth-order valence-electron chi connectivity index (χ4n) is 0.730. The SMILES string of the molecule is CC(NC(=S)NN)c1ncn[nH]1. The first-order chi connectivity index (χ1) is 5.74. The lowest BCUT2D eigenvalue weighted by molar-refractivity contribution is 0.657. The van der Waals surface area contributed by atoms with Gasteiger partial charge in [0.05, 0.1) is 6.04 Å². The zero-order valence-corrected chi connectivity index (χ0v) is 7.35. The summed E-state index contributed by atoms with van der Waals surface area (Å²) in [6.07, 6.45) is 1.44. The summed E-state index contributed by atoms with van der Waals surface area (Å²) in [4.78, 5) is 3.95. The maximum atomic E-state index is 5.07. The average molecular weight is 186 g/mol. The molecule has 1 atom stereocenters. The van der Waals surface area contributed by atoms with Crippen molar-refractivity contribution in [2.24, 2.45) is 5.84 Å². The van der Waals surface area contributed by atoms with Crippen molar-refractivity contribution in [2.45, 2.75) is 13.0 Å². The molecule has 1 rings (SSSR count). The molecule has 7 heteroatoms. The van der Waals surface area contributed by atoms with Crippen molar-refractivity contribution in [1.82, 2.24) is 25.9 Å². The van der Waals surface area contributed by atoms with Crippen LogP contribution in [0.25, 0.3) is 0 Å². The Morgan fingerprint density at radius 1 is 1.83 bits per heavy atom. The standard InChI is InChI=1S/C5H10N6S/c1-3(9-5(12)10-6)4-7-2-8-11-4/h2-3H,6H2,1H3,(H,7,8,11)(H2,9,10,12). The lowest BCUT2D eigenvalue weighted by atomic mass is 10.3. The maximum absolute atomic E-state index is 5.07. The van der Waals surface area contributed by atoms with Gasteiger partial charge in [0.2, 0.25) is 0 Å². The molecule has 6 nitrogen and oxygen atoms in total. The molecule has 0 aromatic carbocycles. The van der Waals surface area contributed by atoms with Crippen molar-refractivity contribution in [3.8, 4) is 0 Å². The molecule has 1 aromatic heterocycles. The zero-order chi connectivity index (χ0) is 8.97. The van der Waals surface area contributed by atoms with E-state index in [9.17, 15) is 0 Å². The minimum Gasteiger partial charge on any atom is -0.352 e. The van der Waals surface area contributed by atoms with Crippen LogP contribution in [0.3, 0.4) is 0 Å². The van der Waals surface area contributed by atoms with Crippen molar-refractivity contribution in [1.29, 1.82) is 0 Å². The Kier molecular flexibility index (Phi) is 2.94. The lowest BCUT2D eigenvalue weighted by Gasteiger charge is -2.11. The van der Waals surface area contributed by atoms with E-state index in [1.807, 2.05) is 6.92 Å². The molecule has 5 N–H and O–H groups in total. The number of H-pyrrole nitrogens is 1. The van der Waals surface area contributed by atoms with Crippen molar-refractivity contribution in [2.75, 3.05) is 0 Å². The van der Waals surface area contributed by atoms with Crippen molar-refractivity contribution in [3.05, 3.63) is 12.2 Å². The zero-order valence-electron chi connectivity index (χ0n) is 6.53. The molecule has 0 amide bonds. The van der Waals surface area contributed by atoms with Gasteiger partial charge < -0.3 is 10.7 Å². The Bertz CT molecular complexity index is 244. The molecule has 0 fully saturated rings. The minimum atomic E-state index is -0.0314. The number of aromatic nitrogens is 3. The van der Waals surface area contributed by atoms with Crippen LogP contribution in [0.1, 0.15) is 18.8 Å². The molecule has 0 radical (unpaired) electrons. The third-order valence-corrected chi connectivity index (χ3v) is 1.56. The summed E-state index contributed by atoms with van der Waals surface area (Å²) < 4.78 is 0. The van der Waals surface area contributed by atoms with E-state index in [1.165, 1.54) is 6.33 Å². The summed E-state index contributed by atoms with van der Waals surface area (Å²) >= 11 is 4.80. The van der Waals surface area contributed by atoms with Crippen LogP contribution in [-0.2, 0) is 0 Å². The number of nitrogens with zero attached hydrogens (tertiary/aromatic N) is 2. The summed E-state index contributed by atoms with van der Waals surface area (Å²) in [5.74, 6) is 5.79. The van der Waals surface area contributed by atoms with E-state index in [2.05, 4.69) is 25.9 Å². The first-order valence-corrected chi connectivity index (χ1v) is 3.77. The molecule has 66 valence electrons. The van der Waals surface area contributed by atoms with Crippen LogP contribution in [0.2, 0.25) is 0 Å². The highest BCUT2D eigenvalue weighted by Gasteiger charge is 2.07. The van der Waals surface area contributed by atoms with E-state index >= 15 is 0 Å². The van der Waals surface area contributed by atoms with E-state index in [4.69, 9.17) is 18.1 Å². The third-order valence-electron chi connectivity index (χ3n) is 1.32. The number of rotatable bonds is 2. The second-order valence-electron chi connectivity index (χ2n) is 2.21. The van der Waals surface area contributed by atoms with E-state index in [0.717, 1.165) is 0 Å². The predicted octanol–water partition coefficient (Wildman–Crippen LogP) is -0.796. The molecular weight excluding hydrogens is 176 g/mol.